The van der Waals surface area contributed by atoms with E-state index in [4.69, 9.17) is 4.74 Å². The van der Waals surface area contributed by atoms with Crippen molar-refractivity contribution in [2.45, 2.75) is 19.9 Å². The van der Waals surface area contributed by atoms with E-state index in [1.54, 1.807) is 7.11 Å². The fourth-order valence-corrected chi connectivity index (χ4v) is 1.88. The number of anilines is 1. The van der Waals surface area contributed by atoms with Crippen molar-refractivity contribution in [2.75, 3.05) is 25.5 Å². The lowest BCUT2D eigenvalue weighted by molar-refractivity contribution is 0.412. The van der Waals surface area contributed by atoms with Crippen LogP contribution in [-0.2, 0) is 0 Å². The monoisotopic (exact) mass is 286 g/mol. The van der Waals surface area contributed by atoms with Gasteiger partial charge in [-0.3, -0.25) is 0 Å². The van der Waals surface area contributed by atoms with Gasteiger partial charge in [0, 0.05) is 24.8 Å². The van der Waals surface area contributed by atoms with Gasteiger partial charge in [0.05, 0.1) is 11.6 Å². The predicted octanol–water partition coefficient (Wildman–Crippen LogP) is 2.87. The molecule has 16 heavy (non-hydrogen) atoms. The first-order chi connectivity index (χ1) is 7.63. The van der Waals surface area contributed by atoms with Gasteiger partial charge in [0.15, 0.2) is 0 Å². The predicted molar refractivity (Wildman–Crippen MR) is 72.3 cm³/mol. The molecule has 0 saturated heterocycles. The Morgan fingerprint density at radius 1 is 1.31 bits per heavy atom. The van der Waals surface area contributed by atoms with Crippen LogP contribution in [0.15, 0.2) is 22.7 Å². The Balaban J connectivity index is 2.40. The van der Waals surface area contributed by atoms with Crippen LogP contribution in [0.25, 0.3) is 0 Å². The molecule has 0 fully saturated rings. The summed E-state index contributed by atoms with van der Waals surface area (Å²) >= 11 is 3.46. The number of nitrogens with one attached hydrogen (secondary N) is 2. The average molecular weight is 287 g/mol. The van der Waals surface area contributed by atoms with E-state index >= 15 is 0 Å². The second-order valence-corrected chi connectivity index (χ2v) is 4.74. The standard InChI is InChI=1S/C12H19BrN2O/c1-9(2)14-6-7-15-10-4-5-12(16-3)11(13)8-10/h4-5,8-9,14-15H,6-7H2,1-3H3. The van der Waals surface area contributed by atoms with Crippen molar-refractivity contribution in [3.8, 4) is 5.75 Å². The Morgan fingerprint density at radius 3 is 2.62 bits per heavy atom. The molecule has 1 rings (SSSR count). The van der Waals surface area contributed by atoms with Crippen LogP contribution in [0.4, 0.5) is 5.69 Å². The van der Waals surface area contributed by atoms with Crippen molar-refractivity contribution in [1.82, 2.24) is 5.32 Å². The summed E-state index contributed by atoms with van der Waals surface area (Å²) in [7, 11) is 1.67. The minimum Gasteiger partial charge on any atom is -0.496 e. The zero-order chi connectivity index (χ0) is 12.0. The lowest BCUT2D eigenvalue weighted by Crippen LogP contribution is -2.28. The molecule has 90 valence electrons. The average Bonchev–Trinajstić information content (AvgIpc) is 2.24. The van der Waals surface area contributed by atoms with E-state index in [-0.39, 0.29) is 0 Å². The quantitative estimate of drug-likeness (QED) is 0.789. The van der Waals surface area contributed by atoms with Gasteiger partial charge in [0.25, 0.3) is 0 Å². The maximum Gasteiger partial charge on any atom is 0.133 e. The Labute approximate surface area is 106 Å². The number of ether oxygens (including phenoxy) is 1. The van der Waals surface area contributed by atoms with Gasteiger partial charge >= 0.3 is 0 Å². The van der Waals surface area contributed by atoms with Crippen molar-refractivity contribution in [3.05, 3.63) is 22.7 Å². The second-order valence-electron chi connectivity index (χ2n) is 3.88. The maximum atomic E-state index is 5.17. The third-order valence-corrected chi connectivity index (χ3v) is 2.78. The SMILES string of the molecule is COc1ccc(NCCNC(C)C)cc1Br. The van der Waals surface area contributed by atoms with Crippen LogP contribution in [0.3, 0.4) is 0 Å². The molecule has 0 aliphatic rings. The number of rotatable bonds is 6. The Morgan fingerprint density at radius 2 is 2.06 bits per heavy atom. The summed E-state index contributed by atoms with van der Waals surface area (Å²) in [4.78, 5) is 0. The van der Waals surface area contributed by atoms with Crippen molar-refractivity contribution in [1.29, 1.82) is 0 Å². The van der Waals surface area contributed by atoms with Crippen LogP contribution >= 0.6 is 15.9 Å². The molecule has 1 aromatic carbocycles. The first-order valence-electron chi connectivity index (χ1n) is 5.44. The van der Waals surface area contributed by atoms with Crippen LogP contribution in [0, 0.1) is 0 Å². The number of halogens is 1. The molecule has 1 aromatic rings. The Hall–Kier alpha value is -0.740. The number of methoxy groups -OCH3 is 1. The lowest BCUT2D eigenvalue weighted by atomic mass is 10.3. The number of hydrogen-bond acceptors (Lipinski definition) is 3. The second kappa shape index (κ2) is 6.76. The minimum absolute atomic E-state index is 0.532. The zero-order valence-corrected chi connectivity index (χ0v) is 11.6. The van der Waals surface area contributed by atoms with Crippen LogP contribution in [0.1, 0.15) is 13.8 Å². The molecule has 0 aliphatic carbocycles. The van der Waals surface area contributed by atoms with E-state index < -0.39 is 0 Å². The highest BCUT2D eigenvalue weighted by Gasteiger charge is 2.00. The van der Waals surface area contributed by atoms with Gasteiger partial charge in [0.2, 0.25) is 0 Å². The molecule has 0 atom stereocenters. The van der Waals surface area contributed by atoms with Gasteiger partial charge in [-0.05, 0) is 34.1 Å². The minimum atomic E-state index is 0.532. The highest BCUT2D eigenvalue weighted by atomic mass is 79.9. The molecule has 2 N–H and O–H groups in total. The summed E-state index contributed by atoms with van der Waals surface area (Å²) in [5.74, 6) is 0.853. The van der Waals surface area contributed by atoms with Crippen LogP contribution in [0.2, 0.25) is 0 Å². The third-order valence-electron chi connectivity index (χ3n) is 2.16. The smallest absolute Gasteiger partial charge is 0.133 e. The van der Waals surface area contributed by atoms with Gasteiger partial charge in [-0.1, -0.05) is 13.8 Å². The van der Waals surface area contributed by atoms with E-state index in [0.717, 1.165) is 29.0 Å². The molecule has 0 aromatic heterocycles. The largest absolute Gasteiger partial charge is 0.496 e. The fourth-order valence-electron chi connectivity index (χ4n) is 1.34. The normalized spacial score (nSPS) is 10.6. The molecular formula is C12H19BrN2O. The van der Waals surface area contributed by atoms with Crippen LogP contribution in [0.5, 0.6) is 5.75 Å². The summed E-state index contributed by atoms with van der Waals surface area (Å²) in [6.45, 7) is 6.16. The molecular weight excluding hydrogens is 268 g/mol. The van der Waals surface area contributed by atoms with E-state index in [1.807, 2.05) is 18.2 Å². The summed E-state index contributed by atoms with van der Waals surface area (Å²) in [6.07, 6.45) is 0. The van der Waals surface area contributed by atoms with E-state index in [2.05, 4.69) is 40.4 Å². The van der Waals surface area contributed by atoms with E-state index in [1.165, 1.54) is 0 Å². The Kier molecular flexibility index (Phi) is 5.63. The molecule has 0 bridgehead atoms. The molecule has 0 radical (unpaired) electrons. The first kappa shape index (κ1) is 13.3. The number of benzene rings is 1. The zero-order valence-electron chi connectivity index (χ0n) is 10.0. The molecule has 0 unspecified atom stereocenters. The summed E-state index contributed by atoms with van der Waals surface area (Å²) in [6, 6.07) is 6.51. The molecule has 3 nitrogen and oxygen atoms in total. The first-order valence-corrected chi connectivity index (χ1v) is 6.23. The summed E-state index contributed by atoms with van der Waals surface area (Å²) < 4.78 is 6.14. The van der Waals surface area contributed by atoms with Gasteiger partial charge < -0.3 is 15.4 Å². The summed E-state index contributed by atoms with van der Waals surface area (Å²) in [5, 5.41) is 6.70. The molecule has 0 spiro atoms. The summed E-state index contributed by atoms with van der Waals surface area (Å²) in [5.41, 5.74) is 1.10. The van der Waals surface area contributed by atoms with Crippen molar-refractivity contribution >= 4 is 21.6 Å². The van der Waals surface area contributed by atoms with Gasteiger partial charge in [-0.25, -0.2) is 0 Å². The van der Waals surface area contributed by atoms with Crippen molar-refractivity contribution in [3.63, 3.8) is 0 Å². The lowest BCUT2D eigenvalue weighted by Gasteiger charge is -2.11. The van der Waals surface area contributed by atoms with Gasteiger partial charge in [0.1, 0.15) is 5.75 Å². The third kappa shape index (κ3) is 4.41. The van der Waals surface area contributed by atoms with E-state index in [9.17, 15) is 0 Å². The number of hydrogen-bond donors (Lipinski definition) is 2. The molecule has 0 heterocycles. The highest BCUT2D eigenvalue weighted by Crippen LogP contribution is 2.27. The van der Waals surface area contributed by atoms with Crippen LogP contribution < -0.4 is 15.4 Å². The van der Waals surface area contributed by atoms with Crippen molar-refractivity contribution < 1.29 is 4.74 Å². The van der Waals surface area contributed by atoms with Gasteiger partial charge in [-0.15, -0.1) is 0 Å². The topological polar surface area (TPSA) is 33.3 Å². The molecule has 0 aliphatic heterocycles. The van der Waals surface area contributed by atoms with Crippen molar-refractivity contribution in [2.24, 2.45) is 0 Å². The van der Waals surface area contributed by atoms with Crippen LogP contribution in [-0.4, -0.2) is 26.2 Å². The molecule has 0 saturated carbocycles. The molecule has 0 amide bonds. The molecule has 4 heteroatoms. The maximum absolute atomic E-state index is 5.17. The van der Waals surface area contributed by atoms with E-state index in [0.29, 0.717) is 6.04 Å². The Bertz CT molecular complexity index is 329. The van der Waals surface area contributed by atoms with Gasteiger partial charge in [-0.2, -0.15) is 0 Å². The fraction of sp³-hybridized carbons (Fsp3) is 0.500. The highest BCUT2D eigenvalue weighted by molar-refractivity contribution is 9.10.